The maximum absolute atomic E-state index is 11.8. The highest BCUT2D eigenvalue weighted by molar-refractivity contribution is 6.03. The average molecular weight is 230 g/mol. The van der Waals surface area contributed by atoms with Gasteiger partial charge in [0.25, 0.3) is 5.91 Å². The number of aromatic nitrogens is 2. The van der Waals surface area contributed by atoms with Gasteiger partial charge in [0, 0.05) is 23.0 Å². The first-order valence-electron chi connectivity index (χ1n) is 5.40. The lowest BCUT2D eigenvalue weighted by Crippen LogP contribution is -2.12. The van der Waals surface area contributed by atoms with Gasteiger partial charge in [-0.3, -0.25) is 9.89 Å². The number of hydrogen-bond acceptors (Lipinski definition) is 3. The lowest BCUT2D eigenvalue weighted by molar-refractivity contribution is 0.102. The van der Waals surface area contributed by atoms with E-state index in [-0.39, 0.29) is 5.91 Å². The molecule has 88 valence electrons. The minimum atomic E-state index is -0.195. The zero-order chi connectivity index (χ0) is 12.3. The summed E-state index contributed by atoms with van der Waals surface area (Å²) in [7, 11) is 0. The topological polar surface area (TPSA) is 83.8 Å². The summed E-state index contributed by atoms with van der Waals surface area (Å²) in [6, 6.07) is 8.55. The minimum Gasteiger partial charge on any atom is -0.399 e. The number of amides is 1. The Bertz CT molecular complexity index is 516. The molecule has 0 radical (unpaired) electrons. The molecule has 2 aromatic rings. The summed E-state index contributed by atoms with van der Waals surface area (Å²) in [6.45, 7) is 2.01. The van der Waals surface area contributed by atoms with Crippen molar-refractivity contribution in [3.63, 3.8) is 0 Å². The van der Waals surface area contributed by atoms with Crippen molar-refractivity contribution in [2.75, 3.05) is 11.1 Å². The Hall–Kier alpha value is -2.30. The molecular weight excluding hydrogens is 216 g/mol. The summed E-state index contributed by atoms with van der Waals surface area (Å²) >= 11 is 0. The van der Waals surface area contributed by atoms with Crippen LogP contribution in [0.4, 0.5) is 11.5 Å². The van der Waals surface area contributed by atoms with Crippen LogP contribution in [0.5, 0.6) is 0 Å². The quantitative estimate of drug-likeness (QED) is 0.703. The van der Waals surface area contributed by atoms with Gasteiger partial charge >= 0.3 is 0 Å². The predicted octanol–water partition coefficient (Wildman–Crippen LogP) is 1.81. The van der Waals surface area contributed by atoms with Crippen LogP contribution in [0.25, 0.3) is 0 Å². The summed E-state index contributed by atoms with van der Waals surface area (Å²) in [4.78, 5) is 11.8. The molecule has 0 fully saturated rings. The van der Waals surface area contributed by atoms with Crippen molar-refractivity contribution in [3.05, 3.63) is 41.6 Å². The summed E-state index contributed by atoms with van der Waals surface area (Å²) in [5, 5.41) is 9.54. The van der Waals surface area contributed by atoms with Crippen LogP contribution in [0.15, 0.2) is 30.3 Å². The number of hydrogen-bond donors (Lipinski definition) is 3. The molecule has 2 rings (SSSR count). The van der Waals surface area contributed by atoms with E-state index in [0.29, 0.717) is 17.1 Å². The summed E-state index contributed by atoms with van der Waals surface area (Å²) in [5.74, 6) is 0.336. The monoisotopic (exact) mass is 230 g/mol. The molecule has 0 atom stereocenters. The zero-order valence-corrected chi connectivity index (χ0v) is 9.53. The van der Waals surface area contributed by atoms with Gasteiger partial charge in [0.15, 0.2) is 5.82 Å². The first kappa shape index (κ1) is 11.2. The van der Waals surface area contributed by atoms with E-state index in [2.05, 4.69) is 15.5 Å². The molecule has 17 heavy (non-hydrogen) atoms. The van der Waals surface area contributed by atoms with Crippen LogP contribution in [-0.2, 0) is 6.42 Å². The lowest BCUT2D eigenvalue weighted by Gasteiger charge is -2.01. The van der Waals surface area contributed by atoms with Crippen molar-refractivity contribution >= 4 is 17.4 Å². The fourth-order valence-corrected chi connectivity index (χ4v) is 1.43. The van der Waals surface area contributed by atoms with Crippen LogP contribution in [0.1, 0.15) is 23.0 Å². The van der Waals surface area contributed by atoms with Gasteiger partial charge in [0.1, 0.15) is 0 Å². The molecule has 5 nitrogen and oxygen atoms in total. The largest absolute Gasteiger partial charge is 0.399 e. The SMILES string of the molecule is CCc1cc(NC(=O)c2ccc(N)cc2)n[nH]1. The molecule has 4 N–H and O–H groups in total. The number of H-pyrrole nitrogens is 1. The average Bonchev–Trinajstić information content (AvgIpc) is 2.77. The van der Waals surface area contributed by atoms with Crippen LogP contribution >= 0.6 is 0 Å². The number of aromatic amines is 1. The fourth-order valence-electron chi connectivity index (χ4n) is 1.43. The molecule has 5 heteroatoms. The van der Waals surface area contributed by atoms with Gasteiger partial charge in [0.05, 0.1) is 0 Å². The highest BCUT2D eigenvalue weighted by Crippen LogP contribution is 2.10. The standard InChI is InChI=1S/C12H14N4O/c1-2-10-7-11(16-15-10)14-12(17)8-3-5-9(13)6-4-8/h3-7H,2,13H2,1H3,(H2,14,15,16,17). The molecule has 1 aromatic heterocycles. The molecule has 1 heterocycles. The minimum absolute atomic E-state index is 0.195. The second kappa shape index (κ2) is 4.69. The zero-order valence-electron chi connectivity index (χ0n) is 9.53. The van der Waals surface area contributed by atoms with Gasteiger partial charge in [-0.1, -0.05) is 6.92 Å². The molecule has 0 saturated heterocycles. The second-order valence-electron chi connectivity index (χ2n) is 3.71. The van der Waals surface area contributed by atoms with Crippen molar-refractivity contribution in [2.24, 2.45) is 0 Å². The maximum atomic E-state index is 11.8. The highest BCUT2D eigenvalue weighted by atomic mass is 16.1. The number of nitrogens with one attached hydrogen (secondary N) is 2. The number of nitrogen functional groups attached to an aromatic ring is 1. The van der Waals surface area contributed by atoms with E-state index in [1.54, 1.807) is 24.3 Å². The Morgan fingerprint density at radius 1 is 1.41 bits per heavy atom. The molecule has 1 amide bonds. The van der Waals surface area contributed by atoms with Crippen molar-refractivity contribution in [1.82, 2.24) is 10.2 Å². The Morgan fingerprint density at radius 3 is 2.71 bits per heavy atom. The summed E-state index contributed by atoms with van der Waals surface area (Å²) in [6.07, 6.45) is 0.852. The van der Waals surface area contributed by atoms with Crippen LogP contribution in [0.2, 0.25) is 0 Å². The van der Waals surface area contributed by atoms with Crippen LogP contribution in [0, 0.1) is 0 Å². The number of anilines is 2. The Labute approximate surface area is 99.0 Å². The Balaban J connectivity index is 2.08. The normalized spacial score (nSPS) is 10.2. The van der Waals surface area contributed by atoms with E-state index < -0.39 is 0 Å². The molecule has 0 unspecified atom stereocenters. The van der Waals surface area contributed by atoms with Gasteiger partial charge in [-0.15, -0.1) is 0 Å². The molecule has 0 saturated carbocycles. The predicted molar refractivity (Wildman–Crippen MR) is 66.8 cm³/mol. The number of carbonyl (C=O) groups excluding carboxylic acids is 1. The third-order valence-electron chi connectivity index (χ3n) is 2.43. The van der Waals surface area contributed by atoms with E-state index in [4.69, 9.17) is 5.73 Å². The van der Waals surface area contributed by atoms with Crippen LogP contribution in [-0.4, -0.2) is 16.1 Å². The third kappa shape index (κ3) is 2.63. The van der Waals surface area contributed by atoms with Crippen LogP contribution < -0.4 is 11.1 Å². The number of aryl methyl sites for hydroxylation is 1. The van der Waals surface area contributed by atoms with Gasteiger partial charge in [-0.05, 0) is 30.7 Å². The van der Waals surface area contributed by atoms with E-state index >= 15 is 0 Å². The molecule has 0 spiro atoms. The Kier molecular flexibility index (Phi) is 3.09. The molecule has 0 bridgehead atoms. The number of benzene rings is 1. The highest BCUT2D eigenvalue weighted by Gasteiger charge is 2.07. The van der Waals surface area contributed by atoms with E-state index in [9.17, 15) is 4.79 Å². The maximum Gasteiger partial charge on any atom is 0.256 e. The molecule has 0 aliphatic carbocycles. The van der Waals surface area contributed by atoms with Crippen molar-refractivity contribution in [2.45, 2.75) is 13.3 Å². The number of nitrogens with zero attached hydrogens (tertiary/aromatic N) is 1. The second-order valence-corrected chi connectivity index (χ2v) is 3.71. The number of nitrogens with two attached hydrogens (primary N) is 1. The van der Waals surface area contributed by atoms with Crippen molar-refractivity contribution < 1.29 is 4.79 Å². The third-order valence-corrected chi connectivity index (χ3v) is 2.43. The first-order chi connectivity index (χ1) is 8.19. The van der Waals surface area contributed by atoms with Crippen molar-refractivity contribution in [3.8, 4) is 0 Å². The van der Waals surface area contributed by atoms with E-state index in [1.807, 2.05) is 13.0 Å². The van der Waals surface area contributed by atoms with Crippen LogP contribution in [0.3, 0.4) is 0 Å². The Morgan fingerprint density at radius 2 is 2.12 bits per heavy atom. The lowest BCUT2D eigenvalue weighted by atomic mass is 10.2. The van der Waals surface area contributed by atoms with Crippen molar-refractivity contribution in [1.29, 1.82) is 0 Å². The fraction of sp³-hybridized carbons (Fsp3) is 0.167. The van der Waals surface area contributed by atoms with Gasteiger partial charge in [0.2, 0.25) is 0 Å². The first-order valence-corrected chi connectivity index (χ1v) is 5.40. The summed E-state index contributed by atoms with van der Waals surface area (Å²) < 4.78 is 0. The smallest absolute Gasteiger partial charge is 0.256 e. The molecule has 1 aromatic carbocycles. The molecule has 0 aliphatic heterocycles. The van der Waals surface area contributed by atoms with Gasteiger partial charge < -0.3 is 11.1 Å². The van der Waals surface area contributed by atoms with Gasteiger partial charge in [-0.25, -0.2) is 0 Å². The molecule has 0 aliphatic rings. The molecular formula is C12H14N4O. The number of rotatable bonds is 3. The van der Waals surface area contributed by atoms with E-state index in [0.717, 1.165) is 12.1 Å². The van der Waals surface area contributed by atoms with Gasteiger partial charge in [-0.2, -0.15) is 5.10 Å². The number of carbonyl (C=O) groups is 1. The van der Waals surface area contributed by atoms with E-state index in [1.165, 1.54) is 0 Å². The summed E-state index contributed by atoms with van der Waals surface area (Å²) in [5.41, 5.74) is 7.73.